The molecule has 0 radical (unpaired) electrons. The van der Waals surface area contributed by atoms with Gasteiger partial charge in [0.05, 0.1) is 11.9 Å². The van der Waals surface area contributed by atoms with Crippen molar-refractivity contribution in [1.29, 1.82) is 0 Å². The second kappa shape index (κ2) is 6.02. The highest BCUT2D eigenvalue weighted by Crippen LogP contribution is 2.23. The van der Waals surface area contributed by atoms with E-state index in [1.165, 1.54) is 0 Å². The normalized spacial score (nSPS) is 13.5. The largest absolute Gasteiger partial charge is 0.398 e. The van der Waals surface area contributed by atoms with Crippen molar-refractivity contribution < 1.29 is 13.5 Å². The summed E-state index contributed by atoms with van der Waals surface area (Å²) >= 11 is 0. The average Bonchev–Trinajstić information content (AvgIpc) is 2.29. The number of anilines is 1. The number of nitrogen functional groups attached to an aromatic ring is 1. The summed E-state index contributed by atoms with van der Waals surface area (Å²) in [4.78, 5) is 0. The molecule has 4 nitrogen and oxygen atoms in total. The number of para-hydroxylation sites is 1. The topological polar surface area (TPSA) is 80.4 Å². The highest BCUT2D eigenvalue weighted by atomic mass is 32.2. The molecule has 0 saturated heterocycles. The molecule has 1 aromatic rings. The Balaban J connectivity index is 2.51. The molecule has 96 valence electrons. The van der Waals surface area contributed by atoms with Crippen LogP contribution < -0.4 is 5.73 Å². The van der Waals surface area contributed by atoms with Crippen LogP contribution in [0.4, 0.5) is 5.69 Å². The van der Waals surface area contributed by atoms with Crippen molar-refractivity contribution in [1.82, 2.24) is 0 Å². The first kappa shape index (κ1) is 14.0. The van der Waals surface area contributed by atoms with Gasteiger partial charge in [0.25, 0.3) is 0 Å². The zero-order valence-corrected chi connectivity index (χ0v) is 10.8. The summed E-state index contributed by atoms with van der Waals surface area (Å²) in [6.45, 7) is 1.63. The molecule has 5 heteroatoms. The van der Waals surface area contributed by atoms with Gasteiger partial charge in [-0.2, -0.15) is 0 Å². The van der Waals surface area contributed by atoms with Crippen molar-refractivity contribution in [3.8, 4) is 0 Å². The molecule has 0 saturated carbocycles. The molecule has 0 fully saturated rings. The zero-order chi connectivity index (χ0) is 12.9. The van der Waals surface area contributed by atoms with Crippen molar-refractivity contribution >= 4 is 15.5 Å². The molecular weight excluding hydrogens is 238 g/mol. The van der Waals surface area contributed by atoms with Crippen LogP contribution >= 0.6 is 0 Å². The first-order chi connectivity index (χ1) is 7.96. The van der Waals surface area contributed by atoms with Crippen LogP contribution in [0.25, 0.3) is 0 Å². The summed E-state index contributed by atoms with van der Waals surface area (Å²) in [5, 5.41) is 9.90. The number of hydrogen-bond donors (Lipinski definition) is 2. The van der Waals surface area contributed by atoms with Gasteiger partial charge in [-0.1, -0.05) is 25.1 Å². The second-order valence-corrected chi connectivity index (χ2v) is 6.50. The Morgan fingerprint density at radius 3 is 2.59 bits per heavy atom. The lowest BCUT2D eigenvalue weighted by Crippen LogP contribution is -2.10. The zero-order valence-electron chi connectivity index (χ0n) is 9.96. The lowest BCUT2D eigenvalue weighted by atomic mass is 10.0. The van der Waals surface area contributed by atoms with Crippen LogP contribution in [0, 0.1) is 0 Å². The van der Waals surface area contributed by atoms with Gasteiger partial charge in [0.2, 0.25) is 0 Å². The standard InChI is InChI=1S/C12H19NO3S/c1-2-17(15,16)9-5-8-12(14)10-6-3-4-7-11(10)13/h3-4,6-7,12,14H,2,5,8-9,13H2,1H3. The van der Waals surface area contributed by atoms with Gasteiger partial charge in [-0.25, -0.2) is 8.42 Å². The monoisotopic (exact) mass is 257 g/mol. The molecule has 0 aliphatic rings. The van der Waals surface area contributed by atoms with E-state index in [-0.39, 0.29) is 11.5 Å². The van der Waals surface area contributed by atoms with Gasteiger partial charge in [-0.05, 0) is 18.9 Å². The first-order valence-corrected chi connectivity index (χ1v) is 7.51. The summed E-state index contributed by atoms with van der Waals surface area (Å²) in [6.07, 6.45) is 0.169. The predicted molar refractivity (Wildman–Crippen MR) is 69.4 cm³/mol. The molecule has 1 unspecified atom stereocenters. The molecule has 1 rings (SSSR count). The number of nitrogens with two attached hydrogens (primary N) is 1. The third kappa shape index (κ3) is 4.36. The van der Waals surface area contributed by atoms with Gasteiger partial charge in [-0.3, -0.25) is 0 Å². The minimum absolute atomic E-state index is 0.118. The molecule has 0 bridgehead atoms. The molecule has 0 heterocycles. The Bertz CT molecular complexity index is 457. The number of sulfone groups is 1. The summed E-state index contributed by atoms with van der Waals surface area (Å²) in [5.74, 6) is 0.268. The summed E-state index contributed by atoms with van der Waals surface area (Å²) in [5.41, 5.74) is 6.94. The lowest BCUT2D eigenvalue weighted by molar-refractivity contribution is 0.167. The fourth-order valence-corrected chi connectivity index (χ4v) is 2.51. The maximum absolute atomic E-state index is 11.3. The van der Waals surface area contributed by atoms with E-state index in [9.17, 15) is 13.5 Å². The molecule has 0 amide bonds. The number of rotatable bonds is 6. The Hall–Kier alpha value is -1.07. The Labute approximate surface area is 102 Å². The quantitative estimate of drug-likeness (QED) is 0.757. The summed E-state index contributed by atoms with van der Waals surface area (Å²) in [7, 11) is -2.95. The molecule has 0 aliphatic heterocycles. The Kier molecular flexibility index (Phi) is 4.96. The molecule has 0 spiro atoms. The Morgan fingerprint density at radius 1 is 1.35 bits per heavy atom. The van der Waals surface area contributed by atoms with E-state index in [4.69, 9.17) is 5.73 Å². The van der Waals surface area contributed by atoms with Gasteiger partial charge in [-0.15, -0.1) is 0 Å². The summed E-state index contributed by atoms with van der Waals surface area (Å²) in [6, 6.07) is 7.08. The van der Waals surface area contributed by atoms with Crippen LogP contribution in [0.15, 0.2) is 24.3 Å². The molecule has 1 aromatic carbocycles. The third-order valence-corrected chi connectivity index (χ3v) is 4.52. The number of aliphatic hydroxyl groups is 1. The van der Waals surface area contributed by atoms with Crippen LogP contribution in [0.2, 0.25) is 0 Å². The average molecular weight is 257 g/mol. The molecule has 3 N–H and O–H groups in total. The van der Waals surface area contributed by atoms with E-state index in [2.05, 4.69) is 0 Å². The first-order valence-electron chi connectivity index (χ1n) is 5.69. The Morgan fingerprint density at radius 2 is 2.00 bits per heavy atom. The fourth-order valence-electron chi connectivity index (χ4n) is 1.61. The molecular formula is C12H19NO3S. The smallest absolute Gasteiger partial charge is 0.150 e. The highest BCUT2D eigenvalue weighted by Gasteiger charge is 2.13. The van der Waals surface area contributed by atoms with E-state index < -0.39 is 15.9 Å². The maximum Gasteiger partial charge on any atom is 0.150 e. The number of benzene rings is 1. The van der Waals surface area contributed by atoms with E-state index >= 15 is 0 Å². The van der Waals surface area contributed by atoms with E-state index in [1.54, 1.807) is 31.2 Å². The highest BCUT2D eigenvalue weighted by molar-refractivity contribution is 7.91. The summed E-state index contributed by atoms with van der Waals surface area (Å²) < 4.78 is 22.6. The molecule has 17 heavy (non-hydrogen) atoms. The van der Waals surface area contributed by atoms with Crippen LogP contribution in [0.1, 0.15) is 31.4 Å². The SMILES string of the molecule is CCS(=O)(=O)CCCC(O)c1ccccc1N. The fraction of sp³-hybridized carbons (Fsp3) is 0.500. The minimum Gasteiger partial charge on any atom is -0.398 e. The van der Waals surface area contributed by atoms with Gasteiger partial charge in [0.1, 0.15) is 9.84 Å². The molecule has 0 aliphatic carbocycles. The van der Waals surface area contributed by atoms with Gasteiger partial charge in [0.15, 0.2) is 0 Å². The van der Waals surface area contributed by atoms with Crippen molar-refractivity contribution in [2.75, 3.05) is 17.2 Å². The van der Waals surface area contributed by atoms with Crippen molar-refractivity contribution in [3.05, 3.63) is 29.8 Å². The van der Waals surface area contributed by atoms with Crippen LogP contribution in [-0.4, -0.2) is 25.0 Å². The van der Waals surface area contributed by atoms with Crippen molar-refractivity contribution in [2.24, 2.45) is 0 Å². The van der Waals surface area contributed by atoms with Crippen LogP contribution in [-0.2, 0) is 9.84 Å². The third-order valence-electron chi connectivity index (χ3n) is 2.73. The van der Waals surface area contributed by atoms with Gasteiger partial charge >= 0.3 is 0 Å². The predicted octanol–water partition coefficient (Wildman–Crippen LogP) is 1.52. The van der Waals surface area contributed by atoms with Crippen molar-refractivity contribution in [2.45, 2.75) is 25.9 Å². The van der Waals surface area contributed by atoms with Crippen LogP contribution in [0.5, 0.6) is 0 Å². The number of aliphatic hydroxyl groups excluding tert-OH is 1. The van der Waals surface area contributed by atoms with E-state index in [0.717, 1.165) is 0 Å². The minimum atomic E-state index is -2.95. The van der Waals surface area contributed by atoms with E-state index in [1.807, 2.05) is 0 Å². The second-order valence-electron chi connectivity index (χ2n) is 4.02. The van der Waals surface area contributed by atoms with Gasteiger partial charge < -0.3 is 10.8 Å². The van der Waals surface area contributed by atoms with Crippen LogP contribution in [0.3, 0.4) is 0 Å². The van der Waals surface area contributed by atoms with Crippen molar-refractivity contribution in [3.63, 3.8) is 0 Å². The maximum atomic E-state index is 11.3. The van der Waals surface area contributed by atoms with Gasteiger partial charge in [0, 0.05) is 17.0 Å². The van der Waals surface area contributed by atoms with E-state index in [0.29, 0.717) is 24.1 Å². The molecule has 0 aromatic heterocycles. The molecule has 1 atom stereocenters. The number of hydrogen-bond acceptors (Lipinski definition) is 4. The lowest BCUT2D eigenvalue weighted by Gasteiger charge is -2.12.